The van der Waals surface area contributed by atoms with Gasteiger partial charge in [0.15, 0.2) is 17.5 Å². The monoisotopic (exact) mass is 653 g/mol. The lowest BCUT2D eigenvalue weighted by molar-refractivity contribution is 0.660. The Kier molecular flexibility index (Phi) is 7.48. The predicted molar refractivity (Wildman–Crippen MR) is 210 cm³/mol. The lowest BCUT2D eigenvalue weighted by Gasteiger charge is -2.22. The van der Waals surface area contributed by atoms with E-state index in [9.17, 15) is 0 Å². The van der Waals surface area contributed by atoms with Crippen LogP contribution in [0.15, 0.2) is 176 Å². The molecule has 7 aromatic carbocycles. The van der Waals surface area contributed by atoms with Crippen molar-refractivity contribution >= 4 is 0 Å². The second-order valence-corrected chi connectivity index (χ2v) is 13.7. The first-order valence-electron chi connectivity index (χ1n) is 17.4. The normalized spacial score (nSPS) is 12.7. The average Bonchev–Trinajstić information content (AvgIpc) is 3.44. The molecule has 0 fully saturated rings. The summed E-state index contributed by atoms with van der Waals surface area (Å²) < 4.78 is 0. The van der Waals surface area contributed by atoms with Gasteiger partial charge in [-0.05, 0) is 67.8 Å². The lowest BCUT2D eigenvalue weighted by atomic mass is 9.81. The number of hydrogen-bond donors (Lipinski definition) is 0. The maximum atomic E-state index is 5.14. The number of benzene rings is 7. The summed E-state index contributed by atoms with van der Waals surface area (Å²) in [5.74, 6) is 1.92. The van der Waals surface area contributed by atoms with Gasteiger partial charge in [-0.1, -0.05) is 178 Å². The van der Waals surface area contributed by atoms with E-state index in [4.69, 9.17) is 15.0 Å². The summed E-state index contributed by atoms with van der Waals surface area (Å²) in [4.78, 5) is 15.4. The zero-order valence-corrected chi connectivity index (χ0v) is 28.6. The minimum Gasteiger partial charge on any atom is -0.208 e. The van der Waals surface area contributed by atoms with Crippen LogP contribution in [0.5, 0.6) is 0 Å². The minimum absolute atomic E-state index is 0.0482. The molecule has 242 valence electrons. The molecule has 0 saturated carbocycles. The Balaban J connectivity index is 1.14. The SMILES string of the molecule is CC1(C)c2ccccc2-c2ccc(-c3ccc(-c4nc(-c5cccc(-c6ccccc6)c5)nc(-c5ccccc5-c5ccccc5)n4)cc3)cc21. The third-order valence-corrected chi connectivity index (χ3v) is 10.2. The highest BCUT2D eigenvalue weighted by Gasteiger charge is 2.35. The van der Waals surface area contributed by atoms with Crippen LogP contribution in [0.3, 0.4) is 0 Å². The fraction of sp³-hybridized carbons (Fsp3) is 0.0625. The number of fused-ring (bicyclic) bond motifs is 3. The Labute approximate surface area is 299 Å². The van der Waals surface area contributed by atoms with Crippen LogP contribution in [0.4, 0.5) is 0 Å². The highest BCUT2D eigenvalue weighted by atomic mass is 15.0. The van der Waals surface area contributed by atoms with Crippen LogP contribution in [0.2, 0.25) is 0 Å². The van der Waals surface area contributed by atoms with E-state index in [0.717, 1.165) is 44.5 Å². The highest BCUT2D eigenvalue weighted by Crippen LogP contribution is 2.49. The van der Waals surface area contributed by atoms with Crippen molar-refractivity contribution in [2.24, 2.45) is 0 Å². The van der Waals surface area contributed by atoms with E-state index >= 15 is 0 Å². The number of nitrogens with zero attached hydrogens (tertiary/aromatic N) is 3. The summed E-state index contributed by atoms with van der Waals surface area (Å²) in [5, 5.41) is 0. The molecule has 0 N–H and O–H groups in total. The molecule has 1 heterocycles. The zero-order valence-electron chi connectivity index (χ0n) is 28.6. The smallest absolute Gasteiger partial charge is 0.164 e. The fourth-order valence-corrected chi connectivity index (χ4v) is 7.47. The Morgan fingerprint density at radius 1 is 0.294 bits per heavy atom. The Morgan fingerprint density at radius 3 is 1.51 bits per heavy atom. The minimum atomic E-state index is -0.0482. The summed E-state index contributed by atoms with van der Waals surface area (Å²) >= 11 is 0. The Morgan fingerprint density at radius 2 is 0.765 bits per heavy atom. The van der Waals surface area contributed by atoms with E-state index in [-0.39, 0.29) is 5.41 Å². The van der Waals surface area contributed by atoms with Gasteiger partial charge in [0, 0.05) is 22.1 Å². The standard InChI is InChI=1S/C48H35N3/c1-48(2)43-23-12-11-21-40(43)41-29-28-37(31-44(41)48)33-24-26-35(27-25-33)45-49-46(38-19-13-18-36(30-38)32-14-5-3-6-15-32)51-47(50-45)42-22-10-9-20-39(42)34-16-7-4-8-17-34/h3-31H,1-2H3. The summed E-state index contributed by atoms with van der Waals surface area (Å²) in [6.45, 7) is 4.65. The van der Waals surface area contributed by atoms with E-state index in [1.165, 1.54) is 27.8 Å². The van der Waals surface area contributed by atoms with Crippen LogP contribution in [-0.4, -0.2) is 15.0 Å². The van der Waals surface area contributed by atoms with E-state index in [1.807, 2.05) is 18.2 Å². The Hall–Kier alpha value is -6.45. The molecular formula is C48H35N3. The van der Waals surface area contributed by atoms with Crippen LogP contribution in [0, 0.1) is 0 Å². The first-order valence-corrected chi connectivity index (χ1v) is 17.4. The molecule has 3 nitrogen and oxygen atoms in total. The molecule has 1 aromatic heterocycles. The van der Waals surface area contributed by atoms with Gasteiger partial charge in [0.05, 0.1) is 0 Å². The largest absolute Gasteiger partial charge is 0.208 e. The van der Waals surface area contributed by atoms with Crippen molar-refractivity contribution in [2.45, 2.75) is 19.3 Å². The van der Waals surface area contributed by atoms with Crippen molar-refractivity contribution in [1.82, 2.24) is 15.0 Å². The molecule has 9 rings (SSSR count). The molecule has 1 aliphatic rings. The average molecular weight is 654 g/mol. The van der Waals surface area contributed by atoms with Crippen molar-refractivity contribution in [3.63, 3.8) is 0 Å². The summed E-state index contributed by atoms with van der Waals surface area (Å²) in [6.07, 6.45) is 0. The van der Waals surface area contributed by atoms with E-state index in [1.54, 1.807) is 0 Å². The maximum Gasteiger partial charge on any atom is 0.164 e. The van der Waals surface area contributed by atoms with Gasteiger partial charge in [-0.25, -0.2) is 15.0 Å². The van der Waals surface area contributed by atoms with Crippen LogP contribution < -0.4 is 0 Å². The quantitative estimate of drug-likeness (QED) is 0.179. The van der Waals surface area contributed by atoms with E-state index < -0.39 is 0 Å². The molecule has 0 atom stereocenters. The summed E-state index contributed by atoms with van der Waals surface area (Å²) in [5.41, 5.74) is 15.0. The van der Waals surface area contributed by atoms with Crippen molar-refractivity contribution in [3.05, 3.63) is 187 Å². The van der Waals surface area contributed by atoms with Crippen LogP contribution in [0.1, 0.15) is 25.0 Å². The molecular weight excluding hydrogens is 619 g/mol. The molecule has 0 saturated heterocycles. The molecule has 0 bridgehead atoms. The van der Waals surface area contributed by atoms with Crippen LogP contribution in [0.25, 0.3) is 78.7 Å². The van der Waals surface area contributed by atoms with Gasteiger partial charge in [-0.15, -0.1) is 0 Å². The topological polar surface area (TPSA) is 38.7 Å². The van der Waals surface area contributed by atoms with Gasteiger partial charge in [0.1, 0.15) is 0 Å². The summed E-state index contributed by atoms with van der Waals surface area (Å²) in [7, 11) is 0. The van der Waals surface area contributed by atoms with Gasteiger partial charge in [0.25, 0.3) is 0 Å². The third-order valence-electron chi connectivity index (χ3n) is 10.2. The first kappa shape index (κ1) is 30.6. The number of hydrogen-bond acceptors (Lipinski definition) is 3. The van der Waals surface area contributed by atoms with E-state index in [2.05, 4.69) is 172 Å². The molecule has 1 aliphatic carbocycles. The number of aromatic nitrogens is 3. The van der Waals surface area contributed by atoms with E-state index in [0.29, 0.717) is 17.5 Å². The number of rotatable bonds is 6. The van der Waals surface area contributed by atoms with Gasteiger partial charge < -0.3 is 0 Å². The molecule has 0 aliphatic heterocycles. The highest BCUT2D eigenvalue weighted by molar-refractivity contribution is 5.85. The third kappa shape index (κ3) is 5.53. The molecule has 51 heavy (non-hydrogen) atoms. The molecule has 8 aromatic rings. The van der Waals surface area contributed by atoms with Crippen LogP contribution >= 0.6 is 0 Å². The molecule has 0 spiro atoms. The fourth-order valence-electron chi connectivity index (χ4n) is 7.47. The summed E-state index contributed by atoms with van der Waals surface area (Å²) in [6, 6.07) is 61.9. The second-order valence-electron chi connectivity index (χ2n) is 13.7. The van der Waals surface area contributed by atoms with Crippen molar-refractivity contribution in [1.29, 1.82) is 0 Å². The van der Waals surface area contributed by atoms with Crippen molar-refractivity contribution < 1.29 is 0 Å². The van der Waals surface area contributed by atoms with Gasteiger partial charge in [0.2, 0.25) is 0 Å². The Bertz CT molecular complexity index is 2530. The second kappa shape index (κ2) is 12.5. The van der Waals surface area contributed by atoms with Crippen molar-refractivity contribution in [2.75, 3.05) is 0 Å². The molecule has 0 radical (unpaired) electrons. The van der Waals surface area contributed by atoms with Gasteiger partial charge in [-0.2, -0.15) is 0 Å². The van der Waals surface area contributed by atoms with Crippen molar-refractivity contribution in [3.8, 4) is 78.7 Å². The molecule has 0 unspecified atom stereocenters. The maximum absolute atomic E-state index is 5.14. The van der Waals surface area contributed by atoms with Gasteiger partial charge >= 0.3 is 0 Å². The first-order chi connectivity index (χ1) is 25.0. The lowest BCUT2D eigenvalue weighted by Crippen LogP contribution is -2.14. The molecule has 0 amide bonds. The van der Waals surface area contributed by atoms with Crippen LogP contribution in [-0.2, 0) is 5.41 Å². The molecule has 3 heteroatoms. The predicted octanol–water partition coefficient (Wildman–Crippen LogP) is 12.2. The van der Waals surface area contributed by atoms with Gasteiger partial charge in [-0.3, -0.25) is 0 Å². The zero-order chi connectivity index (χ0) is 34.4.